The molecule has 2 atom stereocenters. The van der Waals surface area contributed by atoms with Crippen LogP contribution in [0.5, 0.6) is 0 Å². The molecule has 1 rings (SSSR count). The zero-order chi connectivity index (χ0) is 17.9. The number of rotatable bonds is 10. The van der Waals surface area contributed by atoms with Crippen LogP contribution in [0.1, 0.15) is 53.0 Å². The van der Waals surface area contributed by atoms with E-state index >= 15 is 0 Å². The lowest BCUT2D eigenvalue weighted by Crippen LogP contribution is -2.26. The van der Waals surface area contributed by atoms with Crippen molar-refractivity contribution in [2.45, 2.75) is 59.1 Å². The Morgan fingerprint density at radius 3 is 2.75 bits per heavy atom. The van der Waals surface area contributed by atoms with Gasteiger partial charge in [-0.15, -0.1) is 0 Å². The van der Waals surface area contributed by atoms with Crippen LogP contribution >= 0.6 is 11.6 Å². The molecule has 0 spiro atoms. The largest absolute Gasteiger partial charge is 0.481 e. The number of ether oxygens (including phenoxy) is 1. The van der Waals surface area contributed by atoms with Gasteiger partial charge in [0.15, 0.2) is 5.90 Å². The first-order valence-corrected chi connectivity index (χ1v) is 8.76. The van der Waals surface area contributed by atoms with Crippen molar-refractivity contribution in [3.05, 3.63) is 23.8 Å². The first-order valence-electron chi connectivity index (χ1n) is 8.38. The van der Waals surface area contributed by atoms with E-state index < -0.39 is 6.10 Å². The minimum absolute atomic E-state index is 0.0856. The average molecular weight is 357 g/mol. The molecule has 0 amide bonds. The number of nitrogens with zero attached hydrogens (tertiary/aromatic N) is 4. The minimum atomic E-state index is -0.446. The van der Waals surface area contributed by atoms with Crippen molar-refractivity contribution < 1.29 is 9.84 Å². The smallest absolute Gasteiger partial charge is 0.180 e. The van der Waals surface area contributed by atoms with Crippen molar-refractivity contribution in [1.29, 1.82) is 0 Å². The van der Waals surface area contributed by atoms with Crippen LogP contribution in [0.3, 0.4) is 0 Å². The van der Waals surface area contributed by atoms with Crippen molar-refractivity contribution in [1.82, 2.24) is 14.8 Å². The molecule has 0 bridgehead atoms. The van der Waals surface area contributed by atoms with Gasteiger partial charge in [-0.2, -0.15) is 5.10 Å². The number of hydrogen-bond acceptors (Lipinski definition) is 5. The van der Waals surface area contributed by atoms with Crippen LogP contribution in [-0.2, 0) is 4.74 Å². The molecule has 0 aliphatic carbocycles. The summed E-state index contributed by atoms with van der Waals surface area (Å²) in [6.07, 6.45) is 6.84. The zero-order valence-corrected chi connectivity index (χ0v) is 15.8. The highest BCUT2D eigenvalue weighted by Gasteiger charge is 2.22. The first-order chi connectivity index (χ1) is 11.4. The summed E-state index contributed by atoms with van der Waals surface area (Å²) >= 11 is 5.75. The SMILES string of the molecule is CC(=NC/C=C(\C)Cl)OCCCC(C(O)CC(C)C)n1cncn1. The van der Waals surface area contributed by atoms with Gasteiger partial charge in [-0.25, -0.2) is 9.67 Å². The number of allylic oxidation sites excluding steroid dienone is 1. The maximum Gasteiger partial charge on any atom is 0.180 e. The van der Waals surface area contributed by atoms with E-state index in [0.29, 0.717) is 25.0 Å². The summed E-state index contributed by atoms with van der Waals surface area (Å²) in [6.45, 7) is 8.93. The second kappa shape index (κ2) is 11.2. The predicted octanol–water partition coefficient (Wildman–Crippen LogP) is 3.58. The van der Waals surface area contributed by atoms with E-state index in [1.807, 2.05) is 19.9 Å². The Labute approximate surface area is 149 Å². The van der Waals surface area contributed by atoms with Crippen LogP contribution in [0.15, 0.2) is 28.8 Å². The standard InChI is InChI=1S/C17H29ClN4O2/c1-13(2)10-17(23)16(22-12-19-11-21-22)6-5-9-24-15(4)20-8-7-14(3)18/h7,11-13,16-17,23H,5-6,8-10H2,1-4H3/b14-7+,20-15?. The molecule has 1 heterocycles. The lowest BCUT2D eigenvalue weighted by Gasteiger charge is -2.24. The van der Waals surface area contributed by atoms with Crippen LogP contribution in [0.2, 0.25) is 0 Å². The highest BCUT2D eigenvalue weighted by molar-refractivity contribution is 6.29. The van der Waals surface area contributed by atoms with Crippen LogP contribution in [-0.4, -0.2) is 45.0 Å². The first kappa shape index (κ1) is 20.6. The Kier molecular flexibility index (Phi) is 9.64. The van der Waals surface area contributed by atoms with Crippen molar-refractivity contribution in [2.24, 2.45) is 10.9 Å². The third-order valence-electron chi connectivity index (χ3n) is 3.58. The van der Waals surface area contributed by atoms with Gasteiger partial charge in [-0.1, -0.05) is 25.4 Å². The second-order valence-electron chi connectivity index (χ2n) is 6.28. The number of hydrogen-bond donors (Lipinski definition) is 1. The van der Waals surface area contributed by atoms with Crippen molar-refractivity contribution in [2.75, 3.05) is 13.2 Å². The quantitative estimate of drug-likeness (QED) is 0.395. The van der Waals surface area contributed by atoms with Gasteiger partial charge in [-0.05, 0) is 38.2 Å². The van der Waals surface area contributed by atoms with Gasteiger partial charge in [0, 0.05) is 12.0 Å². The maximum absolute atomic E-state index is 10.5. The molecule has 0 fully saturated rings. The molecule has 0 radical (unpaired) electrons. The summed E-state index contributed by atoms with van der Waals surface area (Å²) in [6, 6.07) is -0.0856. The van der Waals surface area contributed by atoms with Crippen LogP contribution in [0.25, 0.3) is 0 Å². The van der Waals surface area contributed by atoms with Crippen LogP contribution in [0.4, 0.5) is 0 Å². The second-order valence-corrected chi connectivity index (χ2v) is 6.88. The minimum Gasteiger partial charge on any atom is -0.481 e. The molecule has 6 nitrogen and oxygen atoms in total. The maximum atomic E-state index is 10.5. The molecule has 24 heavy (non-hydrogen) atoms. The molecule has 1 aromatic rings. The Morgan fingerprint density at radius 1 is 1.42 bits per heavy atom. The summed E-state index contributed by atoms with van der Waals surface area (Å²) in [5.41, 5.74) is 0. The molecule has 7 heteroatoms. The Morgan fingerprint density at radius 2 is 2.17 bits per heavy atom. The summed E-state index contributed by atoms with van der Waals surface area (Å²) in [5, 5.41) is 15.4. The van der Waals surface area contributed by atoms with Gasteiger partial charge in [0.05, 0.1) is 25.3 Å². The fraction of sp³-hybridized carbons (Fsp3) is 0.706. The normalized spacial score (nSPS) is 15.6. The van der Waals surface area contributed by atoms with E-state index in [9.17, 15) is 5.11 Å². The third-order valence-corrected chi connectivity index (χ3v) is 3.73. The molecular formula is C17H29ClN4O2. The third kappa shape index (κ3) is 8.45. The van der Waals surface area contributed by atoms with Crippen molar-refractivity contribution in [3.63, 3.8) is 0 Å². The highest BCUT2D eigenvalue weighted by atomic mass is 35.5. The van der Waals surface area contributed by atoms with Crippen LogP contribution < -0.4 is 0 Å². The Bertz CT molecular complexity index is 511. The molecule has 136 valence electrons. The number of aliphatic hydroxyl groups is 1. The summed E-state index contributed by atoms with van der Waals surface area (Å²) in [5.74, 6) is 1.07. The van der Waals surface area contributed by atoms with Gasteiger partial charge >= 0.3 is 0 Å². The number of halogens is 1. The molecule has 0 aliphatic heterocycles. The van der Waals surface area contributed by atoms with Crippen molar-refractivity contribution in [3.8, 4) is 0 Å². The summed E-state index contributed by atoms with van der Waals surface area (Å²) in [7, 11) is 0. The summed E-state index contributed by atoms with van der Waals surface area (Å²) < 4.78 is 7.34. The van der Waals surface area contributed by atoms with E-state index in [0.717, 1.165) is 24.3 Å². The lowest BCUT2D eigenvalue weighted by molar-refractivity contribution is 0.0770. The average Bonchev–Trinajstić information content (AvgIpc) is 2.99. The Balaban J connectivity index is 2.44. The number of aliphatic imine (C=N–C) groups is 1. The zero-order valence-electron chi connectivity index (χ0n) is 15.0. The van der Waals surface area contributed by atoms with Crippen LogP contribution in [0, 0.1) is 5.92 Å². The van der Waals surface area contributed by atoms with Crippen molar-refractivity contribution >= 4 is 17.5 Å². The van der Waals surface area contributed by atoms with Gasteiger partial charge in [0.25, 0.3) is 0 Å². The van der Waals surface area contributed by atoms with Gasteiger partial charge < -0.3 is 9.84 Å². The fourth-order valence-corrected chi connectivity index (χ4v) is 2.46. The van der Waals surface area contributed by atoms with E-state index in [-0.39, 0.29) is 6.04 Å². The molecule has 0 saturated heterocycles. The topological polar surface area (TPSA) is 72.5 Å². The van der Waals surface area contributed by atoms with E-state index in [4.69, 9.17) is 16.3 Å². The molecular weight excluding hydrogens is 328 g/mol. The lowest BCUT2D eigenvalue weighted by atomic mass is 9.97. The fourth-order valence-electron chi connectivity index (χ4n) is 2.39. The van der Waals surface area contributed by atoms with E-state index in [1.165, 1.54) is 6.33 Å². The van der Waals surface area contributed by atoms with E-state index in [1.54, 1.807) is 11.0 Å². The molecule has 0 aromatic carbocycles. The number of aliphatic hydroxyl groups excluding tert-OH is 1. The Hall–Kier alpha value is -1.40. The van der Waals surface area contributed by atoms with E-state index in [2.05, 4.69) is 28.9 Å². The predicted molar refractivity (Wildman–Crippen MR) is 97.3 cm³/mol. The number of aromatic nitrogens is 3. The van der Waals surface area contributed by atoms with Gasteiger partial charge in [-0.3, -0.25) is 4.99 Å². The monoisotopic (exact) mass is 356 g/mol. The summed E-state index contributed by atoms with van der Waals surface area (Å²) in [4.78, 5) is 8.25. The highest BCUT2D eigenvalue weighted by Crippen LogP contribution is 2.22. The van der Waals surface area contributed by atoms with Gasteiger partial charge in [0.1, 0.15) is 12.7 Å². The molecule has 1 N–H and O–H groups in total. The van der Waals surface area contributed by atoms with Gasteiger partial charge in [0.2, 0.25) is 0 Å². The molecule has 0 aliphatic rings. The molecule has 2 unspecified atom stereocenters. The molecule has 0 saturated carbocycles. The molecule has 1 aromatic heterocycles.